The van der Waals surface area contributed by atoms with Crippen LogP contribution >= 0.6 is 0 Å². The zero-order valence-corrected chi connectivity index (χ0v) is 11.8. The van der Waals surface area contributed by atoms with Gasteiger partial charge in [0, 0.05) is 30.9 Å². The number of nitrogen functional groups attached to an aromatic ring is 1. The monoisotopic (exact) mass is 286 g/mol. The number of nitrogens with one attached hydrogen (secondary N) is 1. The predicted molar refractivity (Wildman–Crippen MR) is 84.1 cm³/mol. The van der Waals surface area contributed by atoms with Crippen LogP contribution in [0.3, 0.4) is 0 Å². The molecule has 0 atom stereocenters. The average Bonchev–Trinajstić information content (AvgIpc) is 2.53. The highest BCUT2D eigenvalue weighted by atomic mass is 16.6. The lowest BCUT2D eigenvalue weighted by Gasteiger charge is -2.23. The Balaban J connectivity index is 2.32. The molecule has 2 rings (SSSR count). The van der Waals surface area contributed by atoms with Crippen molar-refractivity contribution in [1.82, 2.24) is 0 Å². The Morgan fingerprint density at radius 3 is 2.52 bits per heavy atom. The van der Waals surface area contributed by atoms with Crippen LogP contribution in [0.25, 0.3) is 0 Å². The summed E-state index contributed by atoms with van der Waals surface area (Å²) in [5, 5.41) is 11.0. The van der Waals surface area contributed by atoms with Gasteiger partial charge in [0.15, 0.2) is 0 Å². The van der Waals surface area contributed by atoms with Crippen molar-refractivity contribution in [3.8, 4) is 0 Å². The minimum atomic E-state index is -0.416. The molecule has 0 aliphatic rings. The van der Waals surface area contributed by atoms with E-state index in [1.165, 1.54) is 6.07 Å². The first-order valence-corrected chi connectivity index (χ1v) is 6.69. The molecule has 3 N–H and O–H groups in total. The number of hydrogen-bond acceptors (Lipinski definition) is 5. The van der Waals surface area contributed by atoms with Gasteiger partial charge in [-0.05, 0) is 18.6 Å². The Labute approximate surface area is 123 Å². The van der Waals surface area contributed by atoms with E-state index in [2.05, 4.69) is 10.3 Å². The molecular weight excluding hydrogens is 268 g/mol. The molecule has 0 unspecified atom stereocenters. The van der Waals surface area contributed by atoms with E-state index in [0.29, 0.717) is 12.2 Å². The van der Waals surface area contributed by atoms with E-state index in [-0.39, 0.29) is 5.69 Å². The lowest BCUT2D eigenvalue weighted by atomic mass is 10.1. The highest BCUT2D eigenvalue weighted by Gasteiger charge is 2.13. The van der Waals surface area contributed by atoms with E-state index < -0.39 is 4.92 Å². The number of hydrazine groups is 1. The third-order valence-electron chi connectivity index (χ3n) is 3.24. The van der Waals surface area contributed by atoms with Crippen molar-refractivity contribution < 1.29 is 4.92 Å². The van der Waals surface area contributed by atoms with Crippen LogP contribution in [0.5, 0.6) is 0 Å². The van der Waals surface area contributed by atoms with Crippen molar-refractivity contribution in [2.75, 3.05) is 16.9 Å². The number of nitro benzene ring substituents is 1. The van der Waals surface area contributed by atoms with Gasteiger partial charge in [-0.2, -0.15) is 0 Å². The molecular formula is C15H18N4O2. The first-order valence-electron chi connectivity index (χ1n) is 6.69. The van der Waals surface area contributed by atoms with Gasteiger partial charge in [-0.1, -0.05) is 30.3 Å². The summed E-state index contributed by atoms with van der Waals surface area (Å²) in [6, 6.07) is 14.8. The van der Waals surface area contributed by atoms with Crippen molar-refractivity contribution in [1.29, 1.82) is 0 Å². The van der Waals surface area contributed by atoms with Gasteiger partial charge in [-0.3, -0.25) is 16.0 Å². The Bertz CT molecular complexity index is 616. The van der Waals surface area contributed by atoms with Crippen molar-refractivity contribution in [3.05, 3.63) is 64.2 Å². The molecule has 21 heavy (non-hydrogen) atoms. The van der Waals surface area contributed by atoms with Gasteiger partial charge < -0.3 is 10.3 Å². The second kappa shape index (κ2) is 6.71. The first-order chi connectivity index (χ1) is 10.1. The van der Waals surface area contributed by atoms with Gasteiger partial charge in [0.25, 0.3) is 5.69 Å². The lowest BCUT2D eigenvalue weighted by Crippen LogP contribution is -2.22. The number of rotatable bonds is 6. The fourth-order valence-electron chi connectivity index (χ4n) is 2.16. The molecule has 6 nitrogen and oxygen atoms in total. The van der Waals surface area contributed by atoms with Gasteiger partial charge >= 0.3 is 0 Å². The van der Waals surface area contributed by atoms with E-state index in [1.54, 1.807) is 12.1 Å². The summed E-state index contributed by atoms with van der Waals surface area (Å²) < 4.78 is 0. The van der Waals surface area contributed by atoms with E-state index in [1.807, 2.05) is 37.3 Å². The molecule has 0 heterocycles. The van der Waals surface area contributed by atoms with Gasteiger partial charge in [-0.15, -0.1) is 0 Å². The number of non-ortho nitro benzene ring substituents is 1. The quantitative estimate of drug-likeness (QED) is 0.484. The van der Waals surface area contributed by atoms with E-state index in [0.717, 1.165) is 17.8 Å². The van der Waals surface area contributed by atoms with E-state index in [9.17, 15) is 10.1 Å². The largest absolute Gasteiger partial charge is 0.367 e. The standard InChI is InChI=1S/C15H18N4O2/c1-2-18(11-12-6-4-3-5-7-12)14-8-13(17-16)9-15(10-14)19(20)21/h3-10,17H,2,11,16H2,1H3. The summed E-state index contributed by atoms with van der Waals surface area (Å²) in [6.07, 6.45) is 0. The zero-order chi connectivity index (χ0) is 15.2. The fraction of sp³-hybridized carbons (Fsp3) is 0.200. The maximum atomic E-state index is 11.0. The topological polar surface area (TPSA) is 84.4 Å². The first kappa shape index (κ1) is 14.8. The molecule has 0 aliphatic carbocycles. The third kappa shape index (κ3) is 3.70. The molecule has 0 amide bonds. The molecule has 6 heteroatoms. The molecule has 0 bridgehead atoms. The van der Waals surface area contributed by atoms with Crippen molar-refractivity contribution >= 4 is 17.1 Å². The number of anilines is 2. The maximum absolute atomic E-state index is 11.0. The van der Waals surface area contributed by atoms with Crippen molar-refractivity contribution in [3.63, 3.8) is 0 Å². The molecule has 0 saturated heterocycles. The lowest BCUT2D eigenvalue weighted by molar-refractivity contribution is -0.384. The van der Waals surface area contributed by atoms with Crippen LogP contribution in [0.1, 0.15) is 12.5 Å². The van der Waals surface area contributed by atoms with E-state index in [4.69, 9.17) is 5.84 Å². The molecule has 0 fully saturated rings. The average molecular weight is 286 g/mol. The van der Waals surface area contributed by atoms with Crippen LogP contribution in [0.4, 0.5) is 17.1 Å². The highest BCUT2D eigenvalue weighted by Crippen LogP contribution is 2.27. The van der Waals surface area contributed by atoms with Crippen LogP contribution in [0.2, 0.25) is 0 Å². The second-order valence-corrected chi connectivity index (χ2v) is 4.64. The summed E-state index contributed by atoms with van der Waals surface area (Å²) in [5.74, 6) is 5.39. The van der Waals surface area contributed by atoms with Crippen LogP contribution in [-0.2, 0) is 6.54 Å². The summed E-state index contributed by atoms with van der Waals surface area (Å²) in [4.78, 5) is 12.7. The van der Waals surface area contributed by atoms with Gasteiger partial charge in [-0.25, -0.2) is 0 Å². The fourth-order valence-corrected chi connectivity index (χ4v) is 2.16. The molecule has 0 radical (unpaired) electrons. The molecule has 0 aromatic heterocycles. The van der Waals surface area contributed by atoms with Crippen molar-refractivity contribution in [2.24, 2.45) is 5.84 Å². The Kier molecular flexibility index (Phi) is 4.73. The Hall–Kier alpha value is -2.60. The number of benzene rings is 2. The molecule has 2 aromatic carbocycles. The Morgan fingerprint density at radius 1 is 1.24 bits per heavy atom. The number of nitro groups is 1. The van der Waals surface area contributed by atoms with E-state index >= 15 is 0 Å². The smallest absolute Gasteiger partial charge is 0.273 e. The summed E-state index contributed by atoms with van der Waals surface area (Å²) in [6.45, 7) is 3.43. The van der Waals surface area contributed by atoms with Gasteiger partial charge in [0.1, 0.15) is 0 Å². The highest BCUT2D eigenvalue weighted by molar-refractivity contribution is 5.64. The minimum Gasteiger partial charge on any atom is -0.367 e. The van der Waals surface area contributed by atoms with Gasteiger partial charge in [0.05, 0.1) is 10.6 Å². The number of nitrogens with zero attached hydrogens (tertiary/aromatic N) is 2. The van der Waals surface area contributed by atoms with Gasteiger partial charge in [0.2, 0.25) is 0 Å². The van der Waals surface area contributed by atoms with Crippen LogP contribution in [-0.4, -0.2) is 11.5 Å². The summed E-state index contributed by atoms with van der Waals surface area (Å²) in [5.41, 5.74) is 4.93. The Morgan fingerprint density at radius 2 is 1.95 bits per heavy atom. The summed E-state index contributed by atoms with van der Waals surface area (Å²) >= 11 is 0. The molecule has 0 aliphatic heterocycles. The maximum Gasteiger partial charge on any atom is 0.273 e. The molecule has 0 spiro atoms. The van der Waals surface area contributed by atoms with Crippen molar-refractivity contribution in [2.45, 2.75) is 13.5 Å². The summed E-state index contributed by atoms with van der Waals surface area (Å²) in [7, 11) is 0. The minimum absolute atomic E-state index is 0.0203. The molecule has 0 saturated carbocycles. The number of nitrogens with two attached hydrogens (primary N) is 1. The SMILES string of the molecule is CCN(Cc1ccccc1)c1cc(NN)cc([N+](=O)[O-])c1. The molecule has 2 aromatic rings. The zero-order valence-electron chi connectivity index (χ0n) is 11.8. The molecule has 110 valence electrons. The third-order valence-corrected chi connectivity index (χ3v) is 3.24. The van der Waals surface area contributed by atoms with Crippen LogP contribution in [0, 0.1) is 10.1 Å². The van der Waals surface area contributed by atoms with Crippen LogP contribution < -0.4 is 16.2 Å². The second-order valence-electron chi connectivity index (χ2n) is 4.64. The normalized spacial score (nSPS) is 10.2. The van der Waals surface area contributed by atoms with Crippen LogP contribution in [0.15, 0.2) is 48.5 Å². The predicted octanol–water partition coefficient (Wildman–Crippen LogP) is 2.91. The number of hydrogen-bond donors (Lipinski definition) is 2.